The van der Waals surface area contributed by atoms with Crippen LogP contribution in [0, 0.1) is 0 Å². The molecule has 9 heteroatoms. The first-order chi connectivity index (χ1) is 10.1. The summed E-state index contributed by atoms with van der Waals surface area (Å²) in [7, 11) is 2.31. The molecule has 0 radical (unpaired) electrons. The van der Waals surface area contributed by atoms with E-state index in [-0.39, 0.29) is 23.7 Å². The quantitative estimate of drug-likeness (QED) is 0.594. The fourth-order valence-corrected chi connectivity index (χ4v) is 2.26. The van der Waals surface area contributed by atoms with Gasteiger partial charge in [0.05, 0.1) is 19.1 Å². The molecule has 0 unspecified atom stereocenters. The number of esters is 2. The predicted molar refractivity (Wildman–Crippen MR) is 71.4 cm³/mol. The van der Waals surface area contributed by atoms with Gasteiger partial charge in [-0.05, 0) is 11.4 Å². The highest BCUT2D eigenvalue weighted by Crippen LogP contribution is 2.13. The second-order valence-electron chi connectivity index (χ2n) is 3.83. The molecule has 0 N–H and O–H groups in total. The van der Waals surface area contributed by atoms with E-state index < -0.39 is 11.9 Å². The summed E-state index contributed by atoms with van der Waals surface area (Å²) in [6.45, 7) is -0.227. The van der Waals surface area contributed by atoms with Crippen LogP contribution in [0.2, 0.25) is 0 Å². The van der Waals surface area contributed by atoms with Crippen molar-refractivity contribution in [2.24, 2.45) is 0 Å². The number of thiophene rings is 1. The Labute approximate surface area is 123 Å². The Morgan fingerprint density at radius 3 is 2.52 bits per heavy atom. The molecule has 0 aromatic carbocycles. The van der Waals surface area contributed by atoms with Gasteiger partial charge in [0.1, 0.15) is 6.54 Å². The first kappa shape index (κ1) is 14.9. The maximum Gasteiger partial charge on any atom is 0.361 e. The van der Waals surface area contributed by atoms with Gasteiger partial charge in [-0.1, -0.05) is 11.3 Å². The summed E-state index contributed by atoms with van der Waals surface area (Å²) >= 11 is 1.27. The van der Waals surface area contributed by atoms with Crippen LogP contribution in [0.1, 0.15) is 30.6 Å². The van der Waals surface area contributed by atoms with E-state index in [2.05, 4.69) is 19.8 Å². The Morgan fingerprint density at radius 2 is 1.95 bits per heavy atom. The molecule has 110 valence electrons. The molecule has 2 aromatic rings. The van der Waals surface area contributed by atoms with Crippen molar-refractivity contribution in [3.05, 3.63) is 33.8 Å². The summed E-state index contributed by atoms with van der Waals surface area (Å²) in [4.78, 5) is 35.9. The van der Waals surface area contributed by atoms with Gasteiger partial charge in [-0.15, -0.1) is 16.4 Å². The minimum absolute atomic E-state index is 0.214. The van der Waals surface area contributed by atoms with Crippen molar-refractivity contribution in [1.82, 2.24) is 15.0 Å². The average molecular weight is 309 g/mol. The molecule has 2 rings (SSSR count). The van der Waals surface area contributed by atoms with E-state index in [4.69, 9.17) is 0 Å². The minimum Gasteiger partial charge on any atom is -0.464 e. The highest BCUT2D eigenvalue weighted by molar-refractivity contribution is 7.12. The molecule has 21 heavy (non-hydrogen) atoms. The van der Waals surface area contributed by atoms with Crippen LogP contribution >= 0.6 is 11.3 Å². The largest absolute Gasteiger partial charge is 0.464 e. The third-order valence-electron chi connectivity index (χ3n) is 2.58. The van der Waals surface area contributed by atoms with Gasteiger partial charge in [0.25, 0.3) is 0 Å². The summed E-state index contributed by atoms with van der Waals surface area (Å²) in [5.41, 5.74) is -0.502. The minimum atomic E-state index is -0.828. The highest BCUT2D eigenvalue weighted by Gasteiger charge is 2.28. The molecule has 0 saturated heterocycles. The van der Waals surface area contributed by atoms with Crippen molar-refractivity contribution in [2.75, 3.05) is 14.2 Å². The van der Waals surface area contributed by atoms with E-state index in [1.807, 2.05) is 0 Å². The van der Waals surface area contributed by atoms with Crippen molar-refractivity contribution in [3.8, 4) is 0 Å². The Morgan fingerprint density at radius 1 is 1.24 bits per heavy atom. The van der Waals surface area contributed by atoms with E-state index >= 15 is 0 Å². The number of ketones is 1. The monoisotopic (exact) mass is 309 g/mol. The van der Waals surface area contributed by atoms with Crippen molar-refractivity contribution >= 4 is 29.1 Å². The number of hydrogen-bond acceptors (Lipinski definition) is 8. The lowest BCUT2D eigenvalue weighted by atomic mass is 10.3. The summed E-state index contributed by atoms with van der Waals surface area (Å²) < 4.78 is 10.1. The number of ether oxygens (including phenoxy) is 2. The van der Waals surface area contributed by atoms with Crippen LogP contribution in [0.15, 0.2) is 17.5 Å². The van der Waals surface area contributed by atoms with Gasteiger partial charge in [0.15, 0.2) is 11.5 Å². The Hall–Kier alpha value is -2.55. The molecule has 0 aliphatic rings. The number of carbonyl (C=O) groups is 3. The van der Waals surface area contributed by atoms with Crippen LogP contribution in [0.25, 0.3) is 0 Å². The van der Waals surface area contributed by atoms with Gasteiger partial charge in [0, 0.05) is 0 Å². The number of carbonyl (C=O) groups excluding carboxylic acids is 3. The smallest absolute Gasteiger partial charge is 0.361 e. The first-order valence-electron chi connectivity index (χ1n) is 5.75. The number of methoxy groups -OCH3 is 2. The zero-order valence-electron chi connectivity index (χ0n) is 11.2. The molecule has 0 aliphatic heterocycles. The fourth-order valence-electron chi connectivity index (χ4n) is 1.61. The normalized spacial score (nSPS) is 10.2. The first-order valence-corrected chi connectivity index (χ1v) is 6.63. The van der Waals surface area contributed by atoms with E-state index in [1.165, 1.54) is 11.3 Å². The average Bonchev–Trinajstić information content (AvgIpc) is 3.15. The molecule has 8 nitrogen and oxygen atoms in total. The summed E-state index contributed by atoms with van der Waals surface area (Å²) in [6, 6.07) is 3.39. The number of Topliss-reactive ketones (excluding diaryl/α,β-unsaturated/α-hetero) is 1. The van der Waals surface area contributed by atoms with Crippen molar-refractivity contribution < 1.29 is 23.9 Å². The van der Waals surface area contributed by atoms with Gasteiger partial charge >= 0.3 is 11.9 Å². The SMILES string of the molecule is COC(=O)c1nnn(CC(=O)c2cccs2)c1C(=O)OC. The van der Waals surface area contributed by atoms with Crippen molar-refractivity contribution in [3.63, 3.8) is 0 Å². The molecule has 2 heterocycles. The molecule has 0 saturated carbocycles. The summed E-state index contributed by atoms with van der Waals surface area (Å²) in [5, 5.41) is 8.99. The van der Waals surface area contributed by atoms with Crippen LogP contribution in [-0.4, -0.2) is 46.9 Å². The lowest BCUT2D eigenvalue weighted by Crippen LogP contribution is -2.19. The third-order valence-corrected chi connectivity index (χ3v) is 3.49. The molecule has 0 spiro atoms. The van der Waals surface area contributed by atoms with Gasteiger partial charge in [-0.2, -0.15) is 0 Å². The second kappa shape index (κ2) is 6.27. The number of rotatable bonds is 5. The van der Waals surface area contributed by atoms with Gasteiger partial charge in [-0.25, -0.2) is 14.3 Å². The van der Waals surface area contributed by atoms with Crippen molar-refractivity contribution in [2.45, 2.75) is 6.54 Å². The van der Waals surface area contributed by atoms with E-state index in [0.717, 1.165) is 18.9 Å². The Kier molecular flexibility index (Phi) is 4.43. The van der Waals surface area contributed by atoms with Crippen LogP contribution in [0.4, 0.5) is 0 Å². The molecule has 0 bridgehead atoms. The molecule has 0 fully saturated rings. The van der Waals surface area contributed by atoms with Crippen LogP contribution in [0.5, 0.6) is 0 Å². The molecule has 0 atom stereocenters. The highest BCUT2D eigenvalue weighted by atomic mass is 32.1. The van der Waals surface area contributed by atoms with Crippen LogP contribution in [-0.2, 0) is 16.0 Å². The number of aromatic nitrogens is 3. The van der Waals surface area contributed by atoms with E-state index in [9.17, 15) is 14.4 Å². The zero-order chi connectivity index (χ0) is 15.4. The third kappa shape index (κ3) is 2.97. The topological polar surface area (TPSA) is 100 Å². The van der Waals surface area contributed by atoms with Crippen LogP contribution < -0.4 is 0 Å². The molecule has 0 amide bonds. The van der Waals surface area contributed by atoms with Crippen molar-refractivity contribution in [1.29, 1.82) is 0 Å². The Balaban J connectivity index is 2.35. The molecule has 2 aromatic heterocycles. The predicted octanol–water partition coefficient (Wildman–Crippen LogP) is 0.796. The fraction of sp³-hybridized carbons (Fsp3) is 0.250. The Bertz CT molecular complexity index is 677. The van der Waals surface area contributed by atoms with Gasteiger partial charge < -0.3 is 9.47 Å². The maximum atomic E-state index is 12.0. The van der Waals surface area contributed by atoms with Crippen LogP contribution in [0.3, 0.4) is 0 Å². The lowest BCUT2D eigenvalue weighted by molar-refractivity contribution is 0.0543. The lowest BCUT2D eigenvalue weighted by Gasteiger charge is -2.04. The molecular weight excluding hydrogens is 298 g/mol. The zero-order valence-corrected chi connectivity index (χ0v) is 12.0. The second-order valence-corrected chi connectivity index (χ2v) is 4.78. The van der Waals surface area contributed by atoms with E-state index in [0.29, 0.717) is 4.88 Å². The maximum absolute atomic E-state index is 12.0. The molecular formula is C12H11N3O5S. The van der Waals surface area contributed by atoms with E-state index in [1.54, 1.807) is 17.5 Å². The number of nitrogens with zero attached hydrogens (tertiary/aromatic N) is 3. The number of hydrogen-bond donors (Lipinski definition) is 0. The molecule has 0 aliphatic carbocycles. The summed E-state index contributed by atoms with van der Waals surface area (Å²) in [6.07, 6.45) is 0. The summed E-state index contributed by atoms with van der Waals surface area (Å²) in [5.74, 6) is -1.90. The van der Waals surface area contributed by atoms with Gasteiger partial charge in [0.2, 0.25) is 5.69 Å². The van der Waals surface area contributed by atoms with Gasteiger partial charge in [-0.3, -0.25) is 4.79 Å². The standard InChI is InChI=1S/C12H11N3O5S/c1-19-11(17)9-10(12(18)20-2)15(14-13-9)6-7(16)8-4-3-5-21-8/h3-5H,6H2,1-2H3.